The zero-order valence-corrected chi connectivity index (χ0v) is 8.97. The molecule has 0 radical (unpaired) electrons. The van der Waals surface area contributed by atoms with Crippen LogP contribution in [0.4, 0.5) is 0 Å². The second kappa shape index (κ2) is 3.11. The lowest BCUT2D eigenvalue weighted by atomic mass is 10.1. The van der Waals surface area contributed by atoms with Gasteiger partial charge in [0, 0.05) is 31.7 Å². The lowest BCUT2D eigenvalue weighted by Crippen LogP contribution is -2.29. The van der Waals surface area contributed by atoms with Crippen molar-refractivity contribution in [1.82, 2.24) is 9.88 Å². The van der Waals surface area contributed by atoms with E-state index in [2.05, 4.69) is 23.0 Å². The SMILES string of the molecule is C=CC1=c2c(=C)c3c(n2CC1)CCNC3. The Balaban J connectivity index is 2.40. The molecule has 2 aliphatic heterocycles. The minimum Gasteiger partial charge on any atom is -0.344 e. The van der Waals surface area contributed by atoms with Crippen molar-refractivity contribution in [3.63, 3.8) is 0 Å². The highest BCUT2D eigenvalue weighted by molar-refractivity contribution is 5.58. The Hall–Kier alpha value is -1.28. The van der Waals surface area contributed by atoms with Gasteiger partial charge in [0.2, 0.25) is 0 Å². The van der Waals surface area contributed by atoms with Crippen LogP contribution in [0.3, 0.4) is 0 Å². The standard InChI is InChI=1S/C13H16N2/c1-3-10-5-7-15-12-4-6-14-8-11(12)9(2)13(10)15/h3,14H,1-2,4-8H2. The number of aromatic nitrogens is 1. The molecule has 3 heterocycles. The molecule has 0 atom stereocenters. The number of allylic oxidation sites excluding steroid dienone is 1. The molecule has 1 N–H and O–H groups in total. The molecule has 0 amide bonds. The van der Waals surface area contributed by atoms with Gasteiger partial charge in [0.05, 0.1) is 5.35 Å². The minimum atomic E-state index is 0.985. The number of hydrogen-bond acceptors (Lipinski definition) is 1. The molecule has 0 bridgehead atoms. The Labute approximate surface area is 89.6 Å². The molecule has 2 aliphatic rings. The highest BCUT2D eigenvalue weighted by Gasteiger charge is 2.21. The molecule has 2 heteroatoms. The third-order valence-electron chi connectivity index (χ3n) is 3.59. The maximum absolute atomic E-state index is 4.23. The second-order valence-corrected chi connectivity index (χ2v) is 4.31. The zero-order valence-electron chi connectivity index (χ0n) is 8.97. The van der Waals surface area contributed by atoms with Gasteiger partial charge in [-0.25, -0.2) is 0 Å². The van der Waals surface area contributed by atoms with Crippen LogP contribution in [-0.4, -0.2) is 11.1 Å². The quantitative estimate of drug-likeness (QED) is 0.689. The van der Waals surface area contributed by atoms with Gasteiger partial charge >= 0.3 is 0 Å². The van der Waals surface area contributed by atoms with Crippen molar-refractivity contribution in [2.24, 2.45) is 0 Å². The van der Waals surface area contributed by atoms with Gasteiger partial charge in [0.25, 0.3) is 0 Å². The van der Waals surface area contributed by atoms with Gasteiger partial charge in [0.15, 0.2) is 0 Å². The molecule has 78 valence electrons. The molecule has 15 heavy (non-hydrogen) atoms. The third kappa shape index (κ3) is 1.08. The third-order valence-corrected chi connectivity index (χ3v) is 3.59. The molecule has 0 unspecified atom stereocenters. The largest absolute Gasteiger partial charge is 0.344 e. The van der Waals surface area contributed by atoms with E-state index in [1.54, 1.807) is 0 Å². The van der Waals surface area contributed by atoms with E-state index in [4.69, 9.17) is 0 Å². The highest BCUT2D eigenvalue weighted by Crippen LogP contribution is 2.16. The summed E-state index contributed by atoms with van der Waals surface area (Å²) in [6, 6.07) is 0. The van der Waals surface area contributed by atoms with Gasteiger partial charge in [-0.1, -0.05) is 19.2 Å². The number of nitrogens with zero attached hydrogens (tertiary/aromatic N) is 1. The van der Waals surface area contributed by atoms with Gasteiger partial charge < -0.3 is 9.88 Å². The molecular formula is C13H16N2. The minimum absolute atomic E-state index is 0.985. The summed E-state index contributed by atoms with van der Waals surface area (Å²) in [5, 5.41) is 5.99. The topological polar surface area (TPSA) is 17.0 Å². The summed E-state index contributed by atoms with van der Waals surface area (Å²) in [6.07, 6.45) is 4.26. The maximum Gasteiger partial charge on any atom is 0.0513 e. The molecule has 3 rings (SSSR count). The molecular weight excluding hydrogens is 184 g/mol. The van der Waals surface area contributed by atoms with E-state index < -0.39 is 0 Å². The first-order chi connectivity index (χ1) is 7.33. The van der Waals surface area contributed by atoms with Crippen molar-refractivity contribution in [1.29, 1.82) is 0 Å². The average Bonchev–Trinajstić information content (AvgIpc) is 2.81. The molecule has 1 aromatic heterocycles. The Morgan fingerprint density at radius 3 is 3.00 bits per heavy atom. The van der Waals surface area contributed by atoms with Crippen molar-refractivity contribution in [2.75, 3.05) is 6.54 Å². The lowest BCUT2D eigenvalue weighted by molar-refractivity contribution is 0.596. The van der Waals surface area contributed by atoms with Gasteiger partial charge in [-0.2, -0.15) is 0 Å². The van der Waals surface area contributed by atoms with E-state index in [1.807, 2.05) is 6.08 Å². The second-order valence-electron chi connectivity index (χ2n) is 4.31. The van der Waals surface area contributed by atoms with Gasteiger partial charge in [-0.15, -0.1) is 0 Å². The van der Waals surface area contributed by atoms with E-state index >= 15 is 0 Å². The molecule has 0 aromatic carbocycles. The van der Waals surface area contributed by atoms with Crippen LogP contribution < -0.4 is 15.9 Å². The fourth-order valence-electron chi connectivity index (χ4n) is 2.86. The summed E-state index contributed by atoms with van der Waals surface area (Å²) < 4.78 is 2.45. The predicted octanol–water partition coefficient (Wildman–Crippen LogP) is 0.285. The Morgan fingerprint density at radius 1 is 1.33 bits per heavy atom. The summed E-state index contributed by atoms with van der Waals surface area (Å²) in [5.41, 5.74) is 4.30. The number of rotatable bonds is 1. The Morgan fingerprint density at radius 2 is 2.20 bits per heavy atom. The summed E-state index contributed by atoms with van der Waals surface area (Å²) in [7, 11) is 0. The van der Waals surface area contributed by atoms with Crippen LogP contribution in [0.2, 0.25) is 0 Å². The van der Waals surface area contributed by atoms with E-state index in [0.29, 0.717) is 0 Å². The number of nitrogens with one attached hydrogen (secondary N) is 1. The van der Waals surface area contributed by atoms with E-state index in [1.165, 1.54) is 27.4 Å². The first-order valence-electron chi connectivity index (χ1n) is 5.58. The van der Waals surface area contributed by atoms with Crippen LogP contribution in [0.15, 0.2) is 12.7 Å². The number of hydrogen-bond donors (Lipinski definition) is 1. The fraction of sp³-hybridized carbons (Fsp3) is 0.385. The Bertz CT molecular complexity index is 534. The molecule has 0 aliphatic carbocycles. The van der Waals surface area contributed by atoms with Crippen molar-refractivity contribution in [3.8, 4) is 0 Å². The van der Waals surface area contributed by atoms with Crippen LogP contribution in [0.25, 0.3) is 12.2 Å². The highest BCUT2D eigenvalue weighted by atomic mass is 15.0. The van der Waals surface area contributed by atoms with Crippen molar-refractivity contribution < 1.29 is 0 Å². The first-order valence-corrected chi connectivity index (χ1v) is 5.58. The van der Waals surface area contributed by atoms with Crippen LogP contribution in [0, 0.1) is 0 Å². The maximum atomic E-state index is 4.23. The lowest BCUT2D eigenvalue weighted by Gasteiger charge is -2.15. The van der Waals surface area contributed by atoms with Crippen LogP contribution >= 0.6 is 0 Å². The summed E-state index contributed by atoms with van der Waals surface area (Å²) in [5.74, 6) is 0. The van der Waals surface area contributed by atoms with Gasteiger partial charge in [-0.05, 0) is 22.8 Å². The van der Waals surface area contributed by atoms with Crippen molar-refractivity contribution in [2.45, 2.75) is 25.9 Å². The van der Waals surface area contributed by atoms with Crippen LogP contribution in [-0.2, 0) is 19.5 Å². The summed E-state index contributed by atoms with van der Waals surface area (Å²) in [4.78, 5) is 0. The fourth-order valence-corrected chi connectivity index (χ4v) is 2.86. The first kappa shape index (κ1) is 8.98. The summed E-state index contributed by atoms with van der Waals surface area (Å²) >= 11 is 0. The molecule has 0 saturated heterocycles. The molecule has 1 aromatic rings. The van der Waals surface area contributed by atoms with E-state index in [0.717, 1.165) is 32.5 Å². The molecule has 2 nitrogen and oxygen atoms in total. The van der Waals surface area contributed by atoms with Crippen LogP contribution in [0.1, 0.15) is 17.7 Å². The van der Waals surface area contributed by atoms with Gasteiger partial charge in [-0.3, -0.25) is 0 Å². The molecule has 0 saturated carbocycles. The van der Waals surface area contributed by atoms with E-state index in [9.17, 15) is 0 Å². The molecule has 0 fully saturated rings. The van der Waals surface area contributed by atoms with Crippen molar-refractivity contribution >= 4 is 12.2 Å². The molecule has 0 spiro atoms. The van der Waals surface area contributed by atoms with Crippen molar-refractivity contribution in [3.05, 3.63) is 34.5 Å². The normalized spacial score (nSPS) is 18.8. The van der Waals surface area contributed by atoms with Crippen LogP contribution in [0.5, 0.6) is 0 Å². The van der Waals surface area contributed by atoms with Gasteiger partial charge in [0.1, 0.15) is 0 Å². The predicted molar refractivity (Wildman–Crippen MR) is 62.8 cm³/mol. The number of fused-ring (bicyclic) bond motifs is 3. The Kier molecular flexibility index (Phi) is 1.86. The monoisotopic (exact) mass is 200 g/mol. The zero-order chi connectivity index (χ0) is 10.4. The average molecular weight is 200 g/mol. The summed E-state index contributed by atoms with van der Waals surface area (Å²) in [6.45, 7) is 11.3. The van der Waals surface area contributed by atoms with E-state index in [-0.39, 0.29) is 0 Å². The smallest absolute Gasteiger partial charge is 0.0513 e.